The average Bonchev–Trinajstić information content (AvgIpc) is 2.32. The lowest BCUT2D eigenvalue weighted by Crippen LogP contribution is -1.99. The second kappa shape index (κ2) is 4.65. The molecular weight excluding hydrogens is 276 g/mol. The Morgan fingerprint density at radius 1 is 1.29 bits per heavy atom. The molecule has 1 aromatic carbocycles. The van der Waals surface area contributed by atoms with Crippen LogP contribution in [0, 0.1) is 6.92 Å². The molecule has 0 saturated heterocycles. The van der Waals surface area contributed by atoms with Crippen LogP contribution in [0.5, 0.6) is 0 Å². The Morgan fingerprint density at radius 3 is 2.59 bits per heavy atom. The smallest absolute Gasteiger partial charge is 0.0870 e. The highest BCUT2D eigenvalue weighted by Crippen LogP contribution is 2.32. The minimum absolute atomic E-state index is 0.430. The number of pyridine rings is 1. The van der Waals surface area contributed by atoms with Gasteiger partial charge in [0, 0.05) is 28.3 Å². The average molecular weight is 293 g/mol. The molecule has 3 heteroatoms. The van der Waals surface area contributed by atoms with E-state index in [9.17, 15) is 0 Å². The predicted octanol–water partition coefficient (Wildman–Crippen LogP) is 4.47. The fraction of sp³-hybridized carbons (Fsp3) is 0.357. The number of aromatic nitrogens is 1. The molecule has 0 unspecified atom stereocenters. The van der Waals surface area contributed by atoms with Crippen molar-refractivity contribution in [3.05, 3.63) is 33.9 Å². The summed E-state index contributed by atoms with van der Waals surface area (Å²) in [6.45, 7) is 6.45. The molecular formula is C14H17BrN2. The van der Waals surface area contributed by atoms with Crippen LogP contribution >= 0.6 is 15.9 Å². The number of fused-ring (bicyclic) bond motifs is 1. The molecule has 1 heterocycles. The first kappa shape index (κ1) is 12.4. The van der Waals surface area contributed by atoms with Crippen LogP contribution in [0.3, 0.4) is 0 Å². The van der Waals surface area contributed by atoms with Crippen molar-refractivity contribution in [1.82, 2.24) is 4.98 Å². The molecule has 0 radical (unpaired) electrons. The van der Waals surface area contributed by atoms with Gasteiger partial charge < -0.3 is 5.32 Å². The first-order valence-corrected chi connectivity index (χ1v) is 6.61. The molecule has 0 aliphatic carbocycles. The van der Waals surface area contributed by atoms with Gasteiger partial charge in [-0.3, -0.25) is 4.98 Å². The van der Waals surface area contributed by atoms with Crippen LogP contribution in [-0.2, 0) is 0 Å². The number of hydrogen-bond acceptors (Lipinski definition) is 2. The predicted molar refractivity (Wildman–Crippen MR) is 77.8 cm³/mol. The summed E-state index contributed by atoms with van der Waals surface area (Å²) in [5.74, 6) is 0.430. The zero-order valence-corrected chi connectivity index (χ0v) is 12.2. The van der Waals surface area contributed by atoms with Crippen LogP contribution in [0.25, 0.3) is 10.9 Å². The van der Waals surface area contributed by atoms with Crippen LogP contribution in [0.2, 0.25) is 0 Å². The van der Waals surface area contributed by atoms with E-state index >= 15 is 0 Å². The number of benzene rings is 1. The molecule has 1 aromatic heterocycles. The third kappa shape index (κ3) is 2.16. The SMILES string of the molecule is CNc1cc(C(C)C)nc2c(Br)ccc(C)c12. The van der Waals surface area contributed by atoms with Crippen LogP contribution in [0.1, 0.15) is 31.0 Å². The van der Waals surface area contributed by atoms with Crippen LogP contribution in [0.4, 0.5) is 5.69 Å². The van der Waals surface area contributed by atoms with Crippen molar-refractivity contribution in [2.75, 3.05) is 12.4 Å². The Labute approximate surface area is 111 Å². The third-order valence-electron chi connectivity index (χ3n) is 3.00. The molecule has 1 N–H and O–H groups in total. The van der Waals surface area contributed by atoms with E-state index in [0.29, 0.717) is 5.92 Å². The van der Waals surface area contributed by atoms with E-state index in [1.54, 1.807) is 0 Å². The Morgan fingerprint density at radius 2 is 2.00 bits per heavy atom. The molecule has 0 amide bonds. The third-order valence-corrected chi connectivity index (χ3v) is 3.64. The Hall–Kier alpha value is -1.09. The molecule has 17 heavy (non-hydrogen) atoms. The fourth-order valence-electron chi connectivity index (χ4n) is 1.99. The van der Waals surface area contributed by atoms with Gasteiger partial charge in [0.25, 0.3) is 0 Å². The van der Waals surface area contributed by atoms with E-state index in [2.05, 4.69) is 60.2 Å². The molecule has 90 valence electrons. The molecule has 2 nitrogen and oxygen atoms in total. The van der Waals surface area contributed by atoms with Gasteiger partial charge in [0.05, 0.1) is 5.52 Å². The summed E-state index contributed by atoms with van der Waals surface area (Å²) in [6, 6.07) is 6.32. The quantitative estimate of drug-likeness (QED) is 0.883. The van der Waals surface area contributed by atoms with E-state index in [0.717, 1.165) is 21.4 Å². The van der Waals surface area contributed by atoms with Crippen LogP contribution in [-0.4, -0.2) is 12.0 Å². The Bertz CT molecular complexity index is 562. The van der Waals surface area contributed by atoms with Crippen LogP contribution < -0.4 is 5.32 Å². The largest absolute Gasteiger partial charge is 0.388 e. The van der Waals surface area contributed by atoms with Gasteiger partial charge in [-0.2, -0.15) is 0 Å². The monoisotopic (exact) mass is 292 g/mol. The lowest BCUT2D eigenvalue weighted by molar-refractivity contribution is 0.830. The highest BCUT2D eigenvalue weighted by Gasteiger charge is 2.11. The van der Waals surface area contributed by atoms with Crippen LogP contribution in [0.15, 0.2) is 22.7 Å². The van der Waals surface area contributed by atoms with Crippen molar-refractivity contribution < 1.29 is 0 Å². The lowest BCUT2D eigenvalue weighted by Gasteiger charge is -2.14. The van der Waals surface area contributed by atoms with E-state index in [4.69, 9.17) is 4.98 Å². The molecule has 0 atom stereocenters. The minimum Gasteiger partial charge on any atom is -0.388 e. The van der Waals surface area contributed by atoms with Crippen molar-refractivity contribution in [3.8, 4) is 0 Å². The normalized spacial score (nSPS) is 11.2. The summed E-state index contributed by atoms with van der Waals surface area (Å²) in [4.78, 5) is 4.76. The van der Waals surface area contributed by atoms with Gasteiger partial charge in [0.15, 0.2) is 0 Å². The number of rotatable bonds is 2. The zero-order chi connectivity index (χ0) is 12.6. The number of nitrogens with one attached hydrogen (secondary N) is 1. The van der Waals surface area contributed by atoms with Gasteiger partial charge in [-0.1, -0.05) is 19.9 Å². The topological polar surface area (TPSA) is 24.9 Å². The maximum atomic E-state index is 4.76. The minimum atomic E-state index is 0.430. The number of halogens is 1. The molecule has 0 aliphatic heterocycles. The lowest BCUT2D eigenvalue weighted by atomic mass is 10.0. The molecule has 0 fully saturated rings. The summed E-state index contributed by atoms with van der Waals surface area (Å²) in [7, 11) is 1.96. The summed E-state index contributed by atoms with van der Waals surface area (Å²) >= 11 is 3.59. The second-order valence-corrected chi connectivity index (χ2v) is 5.44. The fourth-order valence-corrected chi connectivity index (χ4v) is 2.41. The zero-order valence-electron chi connectivity index (χ0n) is 10.6. The van der Waals surface area contributed by atoms with E-state index in [1.165, 1.54) is 10.9 Å². The Balaban J connectivity index is 2.87. The van der Waals surface area contributed by atoms with Gasteiger partial charge in [0.2, 0.25) is 0 Å². The molecule has 2 aromatic rings. The summed E-state index contributed by atoms with van der Waals surface area (Å²) < 4.78 is 1.05. The number of nitrogens with zero attached hydrogens (tertiary/aromatic N) is 1. The summed E-state index contributed by atoms with van der Waals surface area (Å²) in [6.07, 6.45) is 0. The summed E-state index contributed by atoms with van der Waals surface area (Å²) in [5.41, 5.74) is 4.56. The van der Waals surface area contributed by atoms with E-state index < -0.39 is 0 Å². The molecule has 2 rings (SSSR count). The van der Waals surface area contributed by atoms with Crippen molar-refractivity contribution >= 4 is 32.5 Å². The molecule has 0 aliphatic rings. The maximum absolute atomic E-state index is 4.76. The molecule has 0 saturated carbocycles. The first-order chi connectivity index (χ1) is 8.04. The van der Waals surface area contributed by atoms with Crippen molar-refractivity contribution in [3.63, 3.8) is 0 Å². The maximum Gasteiger partial charge on any atom is 0.0870 e. The highest BCUT2D eigenvalue weighted by molar-refractivity contribution is 9.10. The second-order valence-electron chi connectivity index (χ2n) is 4.59. The van der Waals surface area contributed by atoms with Crippen molar-refractivity contribution in [1.29, 1.82) is 0 Å². The van der Waals surface area contributed by atoms with Gasteiger partial charge in [-0.25, -0.2) is 0 Å². The number of aryl methyl sites for hydroxylation is 1. The van der Waals surface area contributed by atoms with Crippen molar-refractivity contribution in [2.24, 2.45) is 0 Å². The van der Waals surface area contributed by atoms with Gasteiger partial charge in [0.1, 0.15) is 0 Å². The standard InChI is InChI=1S/C14H17BrN2/c1-8(2)11-7-12(16-4)13-9(3)5-6-10(15)14(13)17-11/h5-8H,1-4H3,(H,16,17). The van der Waals surface area contributed by atoms with Gasteiger partial charge in [-0.05, 0) is 46.5 Å². The number of anilines is 1. The Kier molecular flexibility index (Phi) is 3.38. The number of hydrogen-bond donors (Lipinski definition) is 1. The first-order valence-electron chi connectivity index (χ1n) is 5.82. The van der Waals surface area contributed by atoms with Gasteiger partial charge >= 0.3 is 0 Å². The molecule has 0 spiro atoms. The summed E-state index contributed by atoms with van der Waals surface area (Å²) in [5, 5.41) is 4.47. The van der Waals surface area contributed by atoms with Crippen molar-refractivity contribution in [2.45, 2.75) is 26.7 Å². The molecule has 0 bridgehead atoms. The van der Waals surface area contributed by atoms with Gasteiger partial charge in [-0.15, -0.1) is 0 Å². The van der Waals surface area contributed by atoms with E-state index in [-0.39, 0.29) is 0 Å². The highest BCUT2D eigenvalue weighted by atomic mass is 79.9. The van der Waals surface area contributed by atoms with E-state index in [1.807, 2.05) is 7.05 Å².